The molecule has 0 unspecified atom stereocenters. The number of hydrogen-bond acceptors (Lipinski definition) is 5. The number of benzene rings is 1. The van der Waals surface area contributed by atoms with Gasteiger partial charge in [-0.05, 0) is 35.5 Å². The molecular weight excluding hydrogens is 548 g/mol. The van der Waals surface area contributed by atoms with Crippen molar-refractivity contribution in [2.75, 3.05) is 13.7 Å². The van der Waals surface area contributed by atoms with Crippen LogP contribution in [-0.2, 0) is 20.3 Å². The molecule has 0 aliphatic rings. The van der Waals surface area contributed by atoms with Crippen molar-refractivity contribution in [3.05, 3.63) is 21.5 Å². The van der Waals surface area contributed by atoms with Crippen molar-refractivity contribution in [1.82, 2.24) is 4.72 Å². The molecule has 1 aromatic heterocycles. The van der Waals surface area contributed by atoms with Crippen molar-refractivity contribution in [1.29, 1.82) is 0 Å². The summed E-state index contributed by atoms with van der Waals surface area (Å²) in [7, 11) is -8.95. The topological polar surface area (TPSA) is 113 Å². The number of nitrogens with one attached hydrogen (secondary N) is 1. The first-order valence-electron chi connectivity index (χ1n) is 7.84. The number of ether oxygens (including phenoxy) is 1. The van der Waals surface area contributed by atoms with Crippen LogP contribution in [0.5, 0.6) is 5.75 Å². The molecule has 3 N–H and O–H groups in total. The van der Waals surface area contributed by atoms with E-state index in [4.69, 9.17) is 14.5 Å². The molecule has 0 spiro atoms. The van der Waals surface area contributed by atoms with Gasteiger partial charge in [0.25, 0.3) is 0 Å². The molecule has 0 fully saturated rings. The van der Waals surface area contributed by atoms with E-state index in [1.165, 1.54) is 0 Å². The van der Waals surface area contributed by atoms with Crippen LogP contribution >= 0.6 is 34.9 Å². The minimum Gasteiger partial charge on any atom is -0.492 e. The van der Waals surface area contributed by atoms with Crippen LogP contribution in [0.25, 0.3) is 10.1 Å². The molecule has 16 heteroatoms. The van der Waals surface area contributed by atoms with Gasteiger partial charge >= 0.3 is 19.4 Å². The lowest BCUT2D eigenvalue weighted by molar-refractivity contribution is -0.136. The van der Waals surface area contributed by atoms with E-state index in [-0.39, 0.29) is 27.2 Å². The van der Waals surface area contributed by atoms with Crippen molar-refractivity contribution >= 4 is 55.0 Å². The Morgan fingerprint density at radius 3 is 2.33 bits per heavy atom. The number of thiophene rings is 1. The SMILES string of the molecule is CNS(=O)(=O)c1cc(OCCCC(F)(F)F)c2sc(C(F)(F)P(=O)(O)O)c(Br)c2c1. The molecule has 0 saturated carbocycles. The smallest absolute Gasteiger partial charge is 0.400 e. The zero-order valence-corrected chi connectivity index (χ0v) is 18.9. The van der Waals surface area contributed by atoms with E-state index >= 15 is 0 Å². The Kier molecular flexibility index (Phi) is 7.29. The Balaban J connectivity index is 2.63. The maximum Gasteiger partial charge on any atom is 0.400 e. The molecule has 0 atom stereocenters. The molecule has 0 bridgehead atoms. The van der Waals surface area contributed by atoms with Crippen molar-refractivity contribution in [2.45, 2.75) is 29.6 Å². The number of fused-ring (bicyclic) bond motifs is 1. The van der Waals surface area contributed by atoms with E-state index in [1.807, 2.05) is 4.72 Å². The van der Waals surface area contributed by atoms with Crippen LogP contribution in [0.1, 0.15) is 17.7 Å². The second kappa shape index (κ2) is 8.60. The first-order valence-corrected chi connectivity index (χ1v) is 12.5. The highest BCUT2D eigenvalue weighted by Crippen LogP contribution is 2.63. The first-order chi connectivity index (χ1) is 13.5. The van der Waals surface area contributed by atoms with Crippen molar-refractivity contribution in [2.24, 2.45) is 0 Å². The summed E-state index contributed by atoms with van der Waals surface area (Å²) >= 11 is 3.04. The molecule has 0 aliphatic heterocycles. The second-order valence-corrected chi connectivity index (χ2v) is 11.3. The van der Waals surface area contributed by atoms with Crippen LogP contribution in [0.2, 0.25) is 0 Å². The van der Waals surface area contributed by atoms with E-state index in [2.05, 4.69) is 15.9 Å². The molecule has 0 amide bonds. The zero-order chi connectivity index (χ0) is 23.1. The van der Waals surface area contributed by atoms with Gasteiger partial charge in [-0.1, -0.05) is 0 Å². The minimum absolute atomic E-state index is 0.118. The van der Waals surface area contributed by atoms with E-state index < -0.39 is 63.2 Å². The van der Waals surface area contributed by atoms with Crippen LogP contribution in [0, 0.1) is 0 Å². The fraction of sp³-hybridized carbons (Fsp3) is 0.429. The summed E-state index contributed by atoms with van der Waals surface area (Å²) in [4.78, 5) is 16.5. The van der Waals surface area contributed by atoms with Gasteiger partial charge in [-0.15, -0.1) is 11.3 Å². The lowest BCUT2D eigenvalue weighted by Gasteiger charge is -2.16. The molecule has 0 radical (unpaired) electrons. The highest BCUT2D eigenvalue weighted by atomic mass is 79.9. The predicted molar refractivity (Wildman–Crippen MR) is 102 cm³/mol. The van der Waals surface area contributed by atoms with Crippen molar-refractivity contribution in [3.8, 4) is 5.75 Å². The third-order valence-corrected chi connectivity index (χ3v) is 8.62. The fourth-order valence-corrected chi connectivity index (χ4v) is 6.02. The largest absolute Gasteiger partial charge is 0.492 e. The Bertz CT molecular complexity index is 1100. The Hall–Kier alpha value is -0.830. The summed E-state index contributed by atoms with van der Waals surface area (Å²) in [5, 5.41) is -0.162. The van der Waals surface area contributed by atoms with Gasteiger partial charge in [-0.2, -0.15) is 22.0 Å². The van der Waals surface area contributed by atoms with E-state index in [0.29, 0.717) is 0 Å². The molecule has 170 valence electrons. The Morgan fingerprint density at radius 2 is 1.83 bits per heavy atom. The minimum atomic E-state index is -5.93. The zero-order valence-electron chi connectivity index (χ0n) is 14.8. The van der Waals surface area contributed by atoms with E-state index in [9.17, 15) is 34.9 Å². The monoisotopic (exact) mass is 561 g/mol. The predicted octanol–water partition coefficient (Wildman–Crippen LogP) is 4.52. The van der Waals surface area contributed by atoms with Gasteiger partial charge in [0.15, 0.2) is 0 Å². The molecule has 7 nitrogen and oxygen atoms in total. The summed E-state index contributed by atoms with van der Waals surface area (Å²) in [6.45, 7) is -0.503. The summed E-state index contributed by atoms with van der Waals surface area (Å²) in [6, 6.07) is 1.91. The first kappa shape index (κ1) is 25.4. The molecule has 2 rings (SSSR count). The van der Waals surface area contributed by atoms with E-state index in [0.717, 1.165) is 19.2 Å². The maximum atomic E-state index is 14.3. The van der Waals surface area contributed by atoms with Crippen LogP contribution in [0.4, 0.5) is 22.0 Å². The highest BCUT2D eigenvalue weighted by Gasteiger charge is 2.53. The molecule has 2 aromatic rings. The summed E-state index contributed by atoms with van der Waals surface area (Å²) in [6.07, 6.45) is -6.10. The standard InChI is InChI=1S/C14H14BrF5NO6PS2/c1-21-30(25,26)7-5-8-10(15)12(14(19,20)28(22,23)24)29-11(8)9(6-7)27-4-2-3-13(16,17)18/h5-6,21H,2-4H2,1H3,(H2,22,23,24). The average molecular weight is 562 g/mol. The van der Waals surface area contributed by atoms with Gasteiger partial charge in [-0.25, -0.2) is 13.1 Å². The Labute approximate surface area is 179 Å². The lowest BCUT2D eigenvalue weighted by Crippen LogP contribution is -2.18. The number of rotatable bonds is 8. The highest BCUT2D eigenvalue weighted by molar-refractivity contribution is 9.10. The summed E-state index contributed by atoms with van der Waals surface area (Å²) in [5.74, 6) is -0.318. The Morgan fingerprint density at radius 1 is 1.23 bits per heavy atom. The number of alkyl halides is 5. The van der Waals surface area contributed by atoms with Crippen LogP contribution in [-0.4, -0.2) is 38.0 Å². The molecule has 1 heterocycles. The third-order valence-electron chi connectivity index (χ3n) is 3.75. The molecular formula is C14H14BrF5NO6PS2. The maximum absolute atomic E-state index is 14.3. The molecule has 30 heavy (non-hydrogen) atoms. The molecule has 1 aromatic carbocycles. The van der Waals surface area contributed by atoms with Gasteiger partial charge < -0.3 is 14.5 Å². The van der Waals surface area contributed by atoms with E-state index in [1.54, 1.807) is 0 Å². The lowest BCUT2D eigenvalue weighted by atomic mass is 10.2. The van der Waals surface area contributed by atoms with Gasteiger partial charge in [0, 0.05) is 22.3 Å². The van der Waals surface area contributed by atoms with Crippen LogP contribution < -0.4 is 9.46 Å². The van der Waals surface area contributed by atoms with Crippen molar-refractivity contribution in [3.63, 3.8) is 0 Å². The summed E-state index contributed by atoms with van der Waals surface area (Å²) < 4.78 is 108. The molecule has 0 saturated heterocycles. The van der Waals surface area contributed by atoms with Gasteiger partial charge in [0.1, 0.15) is 10.6 Å². The number of sulfonamides is 1. The van der Waals surface area contributed by atoms with Gasteiger partial charge in [-0.3, -0.25) is 4.57 Å². The fourth-order valence-electron chi connectivity index (χ4n) is 2.28. The van der Waals surface area contributed by atoms with Crippen LogP contribution in [0.3, 0.4) is 0 Å². The quantitative estimate of drug-likeness (QED) is 0.248. The van der Waals surface area contributed by atoms with Crippen LogP contribution in [0.15, 0.2) is 21.5 Å². The normalized spacial score (nSPS) is 13.8. The van der Waals surface area contributed by atoms with Gasteiger partial charge in [0.05, 0.1) is 16.2 Å². The summed E-state index contributed by atoms with van der Waals surface area (Å²) in [5.41, 5.74) is -4.59. The van der Waals surface area contributed by atoms with Gasteiger partial charge in [0.2, 0.25) is 10.0 Å². The average Bonchev–Trinajstić information content (AvgIpc) is 2.94. The van der Waals surface area contributed by atoms with Crippen molar-refractivity contribution < 1.29 is 49.5 Å². The second-order valence-electron chi connectivity index (χ2n) is 5.90. The third kappa shape index (κ3) is 5.31. The molecule has 0 aliphatic carbocycles. The number of hydrogen-bond donors (Lipinski definition) is 3. The number of halogens is 6.